The molecule has 0 N–H and O–H groups in total. The van der Waals surface area contributed by atoms with Crippen LogP contribution in [0.3, 0.4) is 0 Å². The second kappa shape index (κ2) is 13.0. The maximum absolute atomic E-state index is 2.45. The third kappa shape index (κ3) is 4.89. The molecule has 0 nitrogen and oxygen atoms in total. The van der Waals surface area contributed by atoms with Gasteiger partial charge < -0.3 is 0 Å². The smallest absolute Gasteiger partial charge is 0.00137 e. The molecule has 0 heterocycles. The van der Waals surface area contributed by atoms with E-state index >= 15 is 0 Å². The zero-order chi connectivity index (χ0) is 38.2. The zero-order valence-electron chi connectivity index (χ0n) is 31.8. The zero-order valence-corrected chi connectivity index (χ0v) is 31.8. The van der Waals surface area contributed by atoms with Gasteiger partial charge in [0.15, 0.2) is 0 Å². The first-order valence-electron chi connectivity index (χ1n) is 20.2. The average molecular weight is 733 g/mol. The lowest BCUT2D eigenvalue weighted by molar-refractivity contribution is 1.60. The van der Waals surface area contributed by atoms with Gasteiger partial charge in [-0.05, 0) is 132 Å². The van der Waals surface area contributed by atoms with Crippen molar-refractivity contribution in [3.63, 3.8) is 0 Å². The van der Waals surface area contributed by atoms with Gasteiger partial charge in [0.05, 0.1) is 0 Å². The van der Waals surface area contributed by atoms with E-state index in [2.05, 4.69) is 218 Å². The Kier molecular flexibility index (Phi) is 7.33. The molecule has 12 aromatic rings. The first kappa shape index (κ1) is 32.7. The Morgan fingerprint density at radius 1 is 0.172 bits per heavy atom. The average Bonchev–Trinajstić information content (AvgIpc) is 3.30. The third-order valence-corrected chi connectivity index (χ3v) is 12.4. The van der Waals surface area contributed by atoms with E-state index in [9.17, 15) is 0 Å². The van der Waals surface area contributed by atoms with E-state index in [1.807, 2.05) is 0 Å². The molecule has 0 amide bonds. The van der Waals surface area contributed by atoms with Crippen LogP contribution < -0.4 is 0 Å². The molecule has 0 unspecified atom stereocenters. The quantitative estimate of drug-likeness (QED) is 0.122. The van der Waals surface area contributed by atoms with E-state index in [4.69, 9.17) is 0 Å². The highest BCUT2D eigenvalue weighted by molar-refractivity contribution is 6.41. The Morgan fingerprint density at radius 3 is 1.36 bits per heavy atom. The van der Waals surface area contributed by atoms with Crippen LogP contribution in [0, 0.1) is 0 Å². The lowest BCUT2D eigenvalue weighted by Crippen LogP contribution is -1.94. The van der Waals surface area contributed by atoms with Gasteiger partial charge in [0.2, 0.25) is 0 Å². The van der Waals surface area contributed by atoms with Crippen molar-refractivity contribution in [1.82, 2.24) is 0 Å². The van der Waals surface area contributed by atoms with Crippen molar-refractivity contribution < 1.29 is 0 Å². The number of rotatable bonds is 5. The minimum atomic E-state index is 1.22. The highest BCUT2D eigenvalue weighted by Crippen LogP contribution is 2.50. The third-order valence-electron chi connectivity index (χ3n) is 12.4. The summed E-state index contributed by atoms with van der Waals surface area (Å²) < 4.78 is 0. The van der Waals surface area contributed by atoms with Gasteiger partial charge in [-0.1, -0.05) is 206 Å². The summed E-state index contributed by atoms with van der Waals surface area (Å²) in [6.45, 7) is 0. The maximum Gasteiger partial charge on any atom is -0.00137 e. The molecule has 0 aromatic heterocycles. The minimum absolute atomic E-state index is 1.22. The highest BCUT2D eigenvalue weighted by Gasteiger charge is 2.22. The predicted molar refractivity (Wildman–Crippen MR) is 250 cm³/mol. The van der Waals surface area contributed by atoms with E-state index in [0.717, 1.165) is 0 Å². The Hall–Kier alpha value is -7.54. The van der Waals surface area contributed by atoms with Crippen molar-refractivity contribution >= 4 is 64.6 Å². The number of fused-ring (bicyclic) bond motifs is 5. The van der Waals surface area contributed by atoms with Gasteiger partial charge in [-0.15, -0.1) is 0 Å². The summed E-state index contributed by atoms with van der Waals surface area (Å²) in [6.07, 6.45) is 0. The summed E-state index contributed by atoms with van der Waals surface area (Å²) in [4.78, 5) is 0. The largest absolute Gasteiger partial charge is 0.0622 e. The van der Waals surface area contributed by atoms with E-state index in [1.165, 1.54) is 120 Å². The molecule has 0 fully saturated rings. The first-order valence-corrected chi connectivity index (χ1v) is 20.2. The fourth-order valence-electron chi connectivity index (χ4n) is 9.96. The second-order valence-corrected chi connectivity index (χ2v) is 15.5. The van der Waals surface area contributed by atoms with Crippen LogP contribution in [-0.4, -0.2) is 0 Å². The normalized spacial score (nSPS) is 11.8. The molecule has 12 rings (SSSR count). The molecular formula is C58H36. The van der Waals surface area contributed by atoms with Crippen molar-refractivity contribution in [1.29, 1.82) is 0 Å². The molecule has 0 aliphatic rings. The van der Waals surface area contributed by atoms with Crippen LogP contribution in [0.25, 0.3) is 120 Å². The second-order valence-electron chi connectivity index (χ2n) is 15.5. The van der Waals surface area contributed by atoms with Crippen molar-refractivity contribution in [2.45, 2.75) is 0 Å². The molecular weight excluding hydrogens is 697 g/mol. The van der Waals surface area contributed by atoms with Gasteiger partial charge in [-0.25, -0.2) is 0 Å². The summed E-state index contributed by atoms with van der Waals surface area (Å²) in [5.41, 5.74) is 12.4. The molecule has 0 saturated carbocycles. The first-order chi connectivity index (χ1) is 28.8. The molecule has 0 saturated heterocycles. The molecule has 0 radical (unpaired) electrons. The lowest BCUT2D eigenvalue weighted by atomic mass is 9.81. The van der Waals surface area contributed by atoms with E-state index < -0.39 is 0 Å². The predicted octanol–water partition coefficient (Wildman–Crippen LogP) is 16.4. The molecule has 0 spiro atoms. The molecule has 0 aliphatic heterocycles. The molecule has 0 bridgehead atoms. The van der Waals surface area contributed by atoms with E-state index in [1.54, 1.807) is 0 Å². The summed E-state index contributed by atoms with van der Waals surface area (Å²) in [5, 5.41) is 15.5. The maximum atomic E-state index is 2.45. The number of benzene rings is 12. The standard InChI is InChI=1S/C58H36/c1-4-17-37(18-5-1)41-23-10-11-24-43(41)45-33-34-52-56-46(45)29-15-30-48(56)50-31-16-32-51-55(47-25-12-13-26-49(47)58(52)57(50)51)40-35-53(39-21-8-3-9-22-39)44-28-14-27-42(54(44)36-40)38-19-6-2-7-20-38/h1-36H. The summed E-state index contributed by atoms with van der Waals surface area (Å²) in [6, 6.07) is 80.8. The van der Waals surface area contributed by atoms with Crippen LogP contribution in [-0.2, 0) is 0 Å². The molecule has 0 atom stereocenters. The fourth-order valence-corrected chi connectivity index (χ4v) is 9.96. The summed E-state index contributed by atoms with van der Waals surface area (Å²) in [5.74, 6) is 0. The van der Waals surface area contributed by atoms with Crippen LogP contribution >= 0.6 is 0 Å². The van der Waals surface area contributed by atoms with Crippen LogP contribution in [0.15, 0.2) is 218 Å². The van der Waals surface area contributed by atoms with Crippen LogP contribution in [0.4, 0.5) is 0 Å². The Balaban J connectivity index is 1.20. The molecule has 0 heteroatoms. The SMILES string of the molecule is c1ccc(-c2ccccc2-c2ccc3c4c2cccc4c2cccc4c(-c5cc(-c6ccccc6)c6cccc(-c7ccccc7)c6c5)c5ccccc5c3c42)cc1. The highest BCUT2D eigenvalue weighted by atomic mass is 14.3. The molecule has 58 heavy (non-hydrogen) atoms. The Labute approximate surface area is 337 Å². The Bertz CT molecular complexity index is 3530. The van der Waals surface area contributed by atoms with Crippen molar-refractivity contribution in [3.8, 4) is 55.6 Å². The molecule has 12 aromatic carbocycles. The topological polar surface area (TPSA) is 0 Å². The summed E-state index contributed by atoms with van der Waals surface area (Å²) in [7, 11) is 0. The monoisotopic (exact) mass is 732 g/mol. The van der Waals surface area contributed by atoms with Gasteiger partial charge in [0, 0.05) is 0 Å². The van der Waals surface area contributed by atoms with Crippen molar-refractivity contribution in [2.24, 2.45) is 0 Å². The summed E-state index contributed by atoms with van der Waals surface area (Å²) >= 11 is 0. The minimum Gasteiger partial charge on any atom is -0.0622 e. The van der Waals surface area contributed by atoms with Crippen LogP contribution in [0.1, 0.15) is 0 Å². The van der Waals surface area contributed by atoms with Gasteiger partial charge >= 0.3 is 0 Å². The van der Waals surface area contributed by atoms with Gasteiger partial charge in [0.25, 0.3) is 0 Å². The number of hydrogen-bond acceptors (Lipinski definition) is 0. The van der Waals surface area contributed by atoms with Gasteiger partial charge in [0.1, 0.15) is 0 Å². The van der Waals surface area contributed by atoms with Gasteiger partial charge in [-0.3, -0.25) is 0 Å². The van der Waals surface area contributed by atoms with Crippen LogP contribution in [0.2, 0.25) is 0 Å². The Morgan fingerprint density at radius 2 is 0.638 bits per heavy atom. The van der Waals surface area contributed by atoms with E-state index in [-0.39, 0.29) is 0 Å². The number of hydrogen-bond donors (Lipinski definition) is 0. The van der Waals surface area contributed by atoms with E-state index in [0.29, 0.717) is 0 Å². The van der Waals surface area contributed by atoms with Crippen molar-refractivity contribution in [2.75, 3.05) is 0 Å². The van der Waals surface area contributed by atoms with Crippen LogP contribution in [0.5, 0.6) is 0 Å². The van der Waals surface area contributed by atoms with Gasteiger partial charge in [-0.2, -0.15) is 0 Å². The fraction of sp³-hybridized carbons (Fsp3) is 0. The van der Waals surface area contributed by atoms with Crippen molar-refractivity contribution in [3.05, 3.63) is 218 Å². The molecule has 0 aliphatic carbocycles. The lowest BCUT2D eigenvalue weighted by Gasteiger charge is -2.22. The molecule has 268 valence electrons.